The lowest BCUT2D eigenvalue weighted by Gasteiger charge is -2.43. The molecule has 4 heteroatoms. The molecule has 1 saturated carbocycles. The van der Waals surface area contributed by atoms with Crippen molar-refractivity contribution >= 4 is 16.6 Å². The van der Waals surface area contributed by atoms with E-state index in [1.165, 1.54) is 36.8 Å². The zero-order valence-electron chi connectivity index (χ0n) is 18.8. The smallest absolute Gasteiger partial charge is 0.0938 e. The van der Waals surface area contributed by atoms with E-state index in [2.05, 4.69) is 86.3 Å². The Hall–Kier alpha value is -2.46. The summed E-state index contributed by atoms with van der Waals surface area (Å²) < 4.78 is 0. The van der Waals surface area contributed by atoms with Crippen LogP contribution in [0.1, 0.15) is 49.7 Å². The summed E-state index contributed by atoms with van der Waals surface area (Å²) in [5.41, 5.74) is 5.79. The number of nitrogens with zero attached hydrogens (tertiary/aromatic N) is 4. The van der Waals surface area contributed by atoms with Crippen molar-refractivity contribution in [3.8, 4) is 0 Å². The van der Waals surface area contributed by atoms with E-state index < -0.39 is 0 Å². The Morgan fingerprint density at radius 1 is 0.867 bits per heavy atom. The van der Waals surface area contributed by atoms with Crippen molar-refractivity contribution in [3.05, 3.63) is 65.6 Å². The van der Waals surface area contributed by atoms with Crippen LogP contribution in [0.5, 0.6) is 0 Å². The molecule has 1 fully saturated rings. The van der Waals surface area contributed by atoms with Crippen LogP contribution in [0.4, 0.5) is 5.69 Å². The number of para-hydroxylation sites is 1. The van der Waals surface area contributed by atoms with Gasteiger partial charge in [-0.05, 0) is 57.5 Å². The van der Waals surface area contributed by atoms with Crippen LogP contribution in [0.15, 0.2) is 48.5 Å². The highest BCUT2D eigenvalue weighted by Crippen LogP contribution is 2.33. The van der Waals surface area contributed by atoms with Gasteiger partial charge in [-0.15, -0.1) is 0 Å². The van der Waals surface area contributed by atoms with Gasteiger partial charge in [-0.3, -0.25) is 14.9 Å². The Morgan fingerprint density at radius 2 is 1.63 bits per heavy atom. The molecule has 2 aromatic heterocycles. The fourth-order valence-corrected chi connectivity index (χ4v) is 4.95. The highest BCUT2D eigenvalue weighted by atomic mass is 15.2. The predicted octanol–water partition coefficient (Wildman–Crippen LogP) is 5.38. The van der Waals surface area contributed by atoms with Crippen LogP contribution in [0.3, 0.4) is 0 Å². The molecule has 4 rings (SSSR count). The summed E-state index contributed by atoms with van der Waals surface area (Å²) in [7, 11) is 4.52. The van der Waals surface area contributed by atoms with E-state index in [4.69, 9.17) is 9.97 Å². The third kappa shape index (κ3) is 4.34. The van der Waals surface area contributed by atoms with Gasteiger partial charge in [-0.1, -0.05) is 44.0 Å². The van der Waals surface area contributed by atoms with Crippen LogP contribution in [-0.4, -0.2) is 41.0 Å². The van der Waals surface area contributed by atoms with Crippen LogP contribution in [0, 0.1) is 6.92 Å². The van der Waals surface area contributed by atoms with Gasteiger partial charge < -0.3 is 4.90 Å². The fraction of sp³-hybridized carbons (Fsp3) is 0.462. The topological polar surface area (TPSA) is 32.3 Å². The maximum atomic E-state index is 4.99. The van der Waals surface area contributed by atoms with E-state index in [0.717, 1.165) is 35.6 Å². The first-order chi connectivity index (χ1) is 14.6. The molecule has 0 radical (unpaired) electrons. The minimum atomic E-state index is 0.478. The average Bonchev–Trinajstić information content (AvgIpc) is 2.77. The maximum absolute atomic E-state index is 4.99. The summed E-state index contributed by atoms with van der Waals surface area (Å²) in [6.45, 7) is 5.13. The molecule has 1 aliphatic rings. The fourth-order valence-electron chi connectivity index (χ4n) is 4.95. The lowest BCUT2D eigenvalue weighted by atomic mass is 9.88. The van der Waals surface area contributed by atoms with Gasteiger partial charge in [0.2, 0.25) is 0 Å². The number of aryl methyl sites for hydroxylation is 2. The number of pyridine rings is 2. The van der Waals surface area contributed by atoms with Crippen molar-refractivity contribution in [2.24, 2.45) is 0 Å². The van der Waals surface area contributed by atoms with Crippen molar-refractivity contribution in [1.82, 2.24) is 14.9 Å². The lowest BCUT2D eigenvalue weighted by molar-refractivity contribution is 0.158. The number of aromatic nitrogens is 2. The molecule has 0 spiro atoms. The molecule has 4 nitrogen and oxygen atoms in total. The molecule has 0 saturated heterocycles. The van der Waals surface area contributed by atoms with Crippen LogP contribution >= 0.6 is 0 Å². The van der Waals surface area contributed by atoms with Gasteiger partial charge in [0.15, 0.2) is 0 Å². The molecule has 0 amide bonds. The van der Waals surface area contributed by atoms with E-state index >= 15 is 0 Å². The van der Waals surface area contributed by atoms with Crippen molar-refractivity contribution in [3.63, 3.8) is 0 Å². The van der Waals surface area contributed by atoms with E-state index in [9.17, 15) is 0 Å². The third-order valence-electron chi connectivity index (χ3n) is 6.61. The van der Waals surface area contributed by atoms with Crippen LogP contribution in [0.2, 0.25) is 0 Å². The van der Waals surface area contributed by atoms with E-state index in [1.54, 1.807) is 0 Å². The quantitative estimate of drug-likeness (QED) is 0.554. The summed E-state index contributed by atoms with van der Waals surface area (Å²) >= 11 is 0. The first-order valence-electron chi connectivity index (χ1n) is 11.3. The minimum Gasteiger partial charge on any atom is -0.368 e. The normalized spacial score (nSPS) is 19.4. The third-order valence-corrected chi connectivity index (χ3v) is 6.61. The molecular formula is C26H34N4. The molecule has 0 aliphatic heterocycles. The second kappa shape index (κ2) is 9.13. The van der Waals surface area contributed by atoms with Gasteiger partial charge in [0.1, 0.15) is 0 Å². The monoisotopic (exact) mass is 402 g/mol. The zero-order chi connectivity index (χ0) is 21.1. The van der Waals surface area contributed by atoms with Crippen molar-refractivity contribution in [2.45, 2.75) is 64.6 Å². The SMILES string of the molecule is CCc1ccc2cccc(N(C)C3CCCCC3N(C)Cc3cccc(C)n3)c2n1. The first kappa shape index (κ1) is 20.8. The minimum absolute atomic E-state index is 0.478. The lowest BCUT2D eigenvalue weighted by Crippen LogP contribution is -2.51. The zero-order valence-corrected chi connectivity index (χ0v) is 18.8. The maximum Gasteiger partial charge on any atom is 0.0938 e. The summed E-state index contributed by atoms with van der Waals surface area (Å²) in [5, 5.41) is 1.22. The van der Waals surface area contributed by atoms with Gasteiger partial charge in [-0.25, -0.2) is 0 Å². The van der Waals surface area contributed by atoms with Crippen LogP contribution in [0.25, 0.3) is 10.9 Å². The van der Waals surface area contributed by atoms with Gasteiger partial charge in [0.25, 0.3) is 0 Å². The Balaban J connectivity index is 1.61. The summed E-state index contributed by atoms with van der Waals surface area (Å²) in [5.74, 6) is 0. The molecule has 2 heterocycles. The van der Waals surface area contributed by atoms with Gasteiger partial charge in [0, 0.05) is 42.5 Å². The molecule has 2 unspecified atom stereocenters. The Kier molecular flexibility index (Phi) is 6.33. The number of benzene rings is 1. The van der Waals surface area contributed by atoms with Gasteiger partial charge in [-0.2, -0.15) is 0 Å². The summed E-state index contributed by atoms with van der Waals surface area (Å²) in [4.78, 5) is 14.7. The molecule has 158 valence electrons. The molecule has 1 aliphatic carbocycles. The van der Waals surface area contributed by atoms with Crippen LogP contribution < -0.4 is 4.90 Å². The molecule has 1 aromatic carbocycles. The second-order valence-electron chi connectivity index (χ2n) is 8.72. The van der Waals surface area contributed by atoms with Crippen molar-refractivity contribution < 1.29 is 0 Å². The number of likely N-dealkylation sites (N-methyl/N-ethyl adjacent to an activating group) is 2. The molecule has 30 heavy (non-hydrogen) atoms. The summed E-state index contributed by atoms with van der Waals surface area (Å²) in [6.07, 6.45) is 6.01. The molecular weight excluding hydrogens is 368 g/mol. The second-order valence-corrected chi connectivity index (χ2v) is 8.72. The number of rotatable bonds is 6. The largest absolute Gasteiger partial charge is 0.368 e. The predicted molar refractivity (Wildman–Crippen MR) is 126 cm³/mol. The Morgan fingerprint density at radius 3 is 2.40 bits per heavy atom. The van der Waals surface area contributed by atoms with E-state index in [1.807, 2.05) is 0 Å². The molecule has 2 atom stereocenters. The first-order valence-corrected chi connectivity index (χ1v) is 11.3. The van der Waals surface area contributed by atoms with Gasteiger partial charge >= 0.3 is 0 Å². The highest BCUT2D eigenvalue weighted by Gasteiger charge is 2.32. The highest BCUT2D eigenvalue weighted by molar-refractivity contribution is 5.91. The molecule has 0 N–H and O–H groups in total. The number of hydrogen-bond acceptors (Lipinski definition) is 4. The van der Waals surface area contributed by atoms with Crippen LogP contribution in [-0.2, 0) is 13.0 Å². The van der Waals surface area contributed by atoms with E-state index in [-0.39, 0.29) is 0 Å². The molecule has 3 aromatic rings. The average molecular weight is 403 g/mol. The van der Waals surface area contributed by atoms with Crippen molar-refractivity contribution in [2.75, 3.05) is 19.0 Å². The Bertz CT molecular complexity index is 999. The summed E-state index contributed by atoms with van der Waals surface area (Å²) in [6, 6.07) is 18.3. The standard InChI is InChI=1S/C26H34N4/c1-5-21-17-16-20-11-9-15-25(26(20)28-21)30(4)24-14-7-6-13-23(24)29(3)18-22-12-8-10-19(2)27-22/h8-12,15-17,23-24H,5-7,13-14,18H2,1-4H3. The van der Waals surface area contributed by atoms with E-state index in [0.29, 0.717) is 12.1 Å². The number of fused-ring (bicyclic) bond motifs is 1. The number of hydrogen-bond donors (Lipinski definition) is 0. The Labute approximate surface area is 181 Å². The molecule has 0 bridgehead atoms. The van der Waals surface area contributed by atoms with Gasteiger partial charge in [0.05, 0.1) is 16.9 Å². The van der Waals surface area contributed by atoms with Crippen molar-refractivity contribution in [1.29, 1.82) is 0 Å². The number of anilines is 1.